The molecule has 0 aliphatic heterocycles. The van der Waals surface area contributed by atoms with Crippen molar-refractivity contribution in [2.45, 2.75) is 90.0 Å². The first-order valence-corrected chi connectivity index (χ1v) is 11.0. The molecule has 0 radical (unpaired) electrons. The van der Waals surface area contributed by atoms with Crippen molar-refractivity contribution in [1.29, 1.82) is 0 Å². The molecule has 0 aliphatic carbocycles. The molecule has 5 heteroatoms. The van der Waals surface area contributed by atoms with Gasteiger partial charge in [0.15, 0.2) is 0 Å². The van der Waals surface area contributed by atoms with Crippen molar-refractivity contribution in [2.75, 3.05) is 0 Å². The van der Waals surface area contributed by atoms with Crippen LogP contribution in [0.1, 0.15) is 89.2 Å². The fraction of sp³-hybridized carbons (Fsp3) is 0.609. The maximum absolute atomic E-state index is 10.8. The number of nitrogens with zero attached hydrogens (tertiary/aromatic N) is 2. The van der Waals surface area contributed by atoms with E-state index in [9.17, 15) is 10.1 Å². The Morgan fingerprint density at radius 1 is 0.964 bits per heavy atom. The van der Waals surface area contributed by atoms with E-state index in [-0.39, 0.29) is 10.6 Å². The van der Waals surface area contributed by atoms with Gasteiger partial charge in [0.25, 0.3) is 5.69 Å². The number of unbranched alkanes of at least 4 members (excludes halogenated alkanes) is 8. The summed E-state index contributed by atoms with van der Waals surface area (Å²) in [6.45, 7) is 2.26. The third-order valence-electron chi connectivity index (χ3n) is 5.54. The molecule has 1 atom stereocenters. The van der Waals surface area contributed by atoms with Crippen LogP contribution in [-0.4, -0.2) is 9.91 Å². The summed E-state index contributed by atoms with van der Waals surface area (Å²) in [6.07, 6.45) is 21.5. The minimum Gasteiger partial charge on any atom is -0.258 e. The quantitative estimate of drug-likeness (QED) is 0.169. The number of hydrogen-bond donors (Lipinski definition) is 1. The molecule has 0 aliphatic rings. The summed E-state index contributed by atoms with van der Waals surface area (Å²) in [6, 6.07) is 7.46. The molecule has 0 saturated carbocycles. The van der Waals surface area contributed by atoms with Crippen LogP contribution in [0, 0.1) is 10.1 Å². The van der Waals surface area contributed by atoms with Crippen LogP contribution in [0.5, 0.6) is 0 Å². The molecule has 2 aromatic rings. The summed E-state index contributed by atoms with van der Waals surface area (Å²) in [7, 11) is 0. The zero-order chi connectivity index (χ0) is 20.0. The lowest BCUT2D eigenvalue weighted by atomic mass is 9.99. The highest BCUT2D eigenvalue weighted by Gasteiger charge is 2.15. The molecule has 28 heavy (non-hydrogen) atoms. The average molecular weight is 387 g/mol. The first-order chi connectivity index (χ1) is 13.7. The summed E-state index contributed by atoms with van der Waals surface area (Å²) in [5.74, 6) is 0. The Kier molecular flexibility index (Phi) is 10.3. The van der Waals surface area contributed by atoms with Crippen LogP contribution in [-0.2, 0) is 6.42 Å². The van der Waals surface area contributed by atoms with E-state index in [0.717, 1.165) is 12.8 Å². The van der Waals surface area contributed by atoms with Gasteiger partial charge in [-0.05, 0) is 31.2 Å². The molecule has 0 spiro atoms. The van der Waals surface area contributed by atoms with Gasteiger partial charge in [0.05, 0.1) is 4.92 Å². The van der Waals surface area contributed by atoms with Crippen LogP contribution >= 0.6 is 0 Å². The van der Waals surface area contributed by atoms with Crippen molar-refractivity contribution in [3.63, 3.8) is 0 Å². The Bertz CT molecular complexity index is 653. The van der Waals surface area contributed by atoms with E-state index in [4.69, 9.17) is 0 Å². The van der Waals surface area contributed by atoms with Gasteiger partial charge in [0, 0.05) is 12.1 Å². The number of nitro groups is 1. The van der Waals surface area contributed by atoms with Crippen molar-refractivity contribution < 1.29 is 9.49 Å². The van der Waals surface area contributed by atoms with Crippen molar-refractivity contribution in [1.82, 2.24) is 4.98 Å². The van der Waals surface area contributed by atoms with E-state index in [1.165, 1.54) is 69.8 Å². The van der Waals surface area contributed by atoms with E-state index < -0.39 is 0 Å². The van der Waals surface area contributed by atoms with E-state index >= 15 is 0 Å². The third-order valence-corrected chi connectivity index (χ3v) is 5.54. The third kappa shape index (κ3) is 8.24. The van der Waals surface area contributed by atoms with Gasteiger partial charge in [-0.1, -0.05) is 70.4 Å². The molecule has 0 fully saturated rings. The van der Waals surface area contributed by atoms with Gasteiger partial charge in [0.1, 0.15) is 18.4 Å². The molecule has 1 unspecified atom stereocenters. The van der Waals surface area contributed by atoms with Crippen LogP contribution in [0.25, 0.3) is 0 Å². The monoisotopic (exact) mass is 386 g/mol. The zero-order valence-electron chi connectivity index (χ0n) is 17.3. The van der Waals surface area contributed by atoms with E-state index in [1.54, 1.807) is 12.1 Å². The van der Waals surface area contributed by atoms with Crippen LogP contribution in [0.2, 0.25) is 0 Å². The van der Waals surface area contributed by atoms with Gasteiger partial charge >= 0.3 is 0 Å². The Hall–Kier alpha value is -2.17. The number of nitrogens with one attached hydrogen (secondary N) is 1. The maximum Gasteiger partial charge on any atom is 0.269 e. The highest BCUT2D eigenvalue weighted by molar-refractivity contribution is 5.32. The smallest absolute Gasteiger partial charge is 0.258 e. The highest BCUT2D eigenvalue weighted by Crippen LogP contribution is 2.20. The number of nitro benzene ring substituents is 1. The number of rotatable bonds is 15. The van der Waals surface area contributed by atoms with Crippen molar-refractivity contribution in [3.05, 3.63) is 58.7 Å². The number of imidazole rings is 1. The minimum absolute atomic E-state index is 0.162. The summed E-state index contributed by atoms with van der Waals surface area (Å²) >= 11 is 0. The summed E-state index contributed by atoms with van der Waals surface area (Å²) < 4.78 is 2.27. The zero-order valence-corrected chi connectivity index (χ0v) is 17.3. The molecule has 2 rings (SSSR count). The molecule has 0 saturated heterocycles. The second-order valence-corrected chi connectivity index (χ2v) is 7.79. The molecule has 154 valence electrons. The van der Waals surface area contributed by atoms with Gasteiger partial charge in [-0.2, -0.15) is 0 Å². The van der Waals surface area contributed by atoms with E-state index in [0.29, 0.717) is 6.04 Å². The standard InChI is InChI=1S/C23H35N3O2/c1-2-3-4-5-6-7-8-9-10-11-22(25-19-18-24-20-25)15-12-21-13-16-23(17-14-21)26(27)28/h13-14,16-20,22H,2-12,15H2,1H3/p+1. The van der Waals surface area contributed by atoms with Gasteiger partial charge in [-0.3, -0.25) is 15.1 Å². The number of aryl methyl sites for hydroxylation is 1. The normalized spacial score (nSPS) is 12.2. The fourth-order valence-corrected chi connectivity index (χ4v) is 3.78. The number of benzene rings is 1. The van der Waals surface area contributed by atoms with Crippen LogP contribution in [0.4, 0.5) is 5.69 Å². The van der Waals surface area contributed by atoms with Gasteiger partial charge < -0.3 is 0 Å². The number of hydrogen-bond acceptors (Lipinski definition) is 2. The van der Waals surface area contributed by atoms with Crippen LogP contribution in [0.15, 0.2) is 43.0 Å². The first-order valence-electron chi connectivity index (χ1n) is 11.0. The van der Waals surface area contributed by atoms with Crippen molar-refractivity contribution >= 4 is 5.69 Å². The molecule has 1 heterocycles. The SMILES string of the molecule is CCCCCCCCCCCC(CCc1ccc([N+](=O)[O-])cc1)[n+]1cc[nH]c1. The molecule has 0 bridgehead atoms. The van der Waals surface area contributed by atoms with Crippen LogP contribution < -0.4 is 4.57 Å². The lowest BCUT2D eigenvalue weighted by molar-refractivity contribution is -0.723. The second-order valence-electron chi connectivity index (χ2n) is 7.79. The highest BCUT2D eigenvalue weighted by atomic mass is 16.6. The summed E-state index contributed by atoms with van der Waals surface area (Å²) in [5.41, 5.74) is 1.33. The summed E-state index contributed by atoms with van der Waals surface area (Å²) in [5, 5.41) is 10.8. The molecule has 0 amide bonds. The number of non-ortho nitro benzene ring substituents is 1. The van der Waals surface area contributed by atoms with E-state index in [2.05, 4.69) is 22.7 Å². The van der Waals surface area contributed by atoms with Crippen molar-refractivity contribution in [2.24, 2.45) is 0 Å². The fourth-order valence-electron chi connectivity index (χ4n) is 3.78. The predicted molar refractivity (Wildman–Crippen MR) is 113 cm³/mol. The van der Waals surface area contributed by atoms with E-state index in [1.807, 2.05) is 24.7 Å². The maximum atomic E-state index is 10.8. The molecule has 1 aromatic carbocycles. The van der Waals surface area contributed by atoms with Gasteiger partial charge in [0.2, 0.25) is 6.33 Å². The number of H-pyrrole nitrogens is 1. The molecule has 1 aromatic heterocycles. The largest absolute Gasteiger partial charge is 0.269 e. The lowest BCUT2D eigenvalue weighted by Gasteiger charge is -2.14. The molecular formula is C23H36N3O2+. The Morgan fingerprint density at radius 3 is 2.18 bits per heavy atom. The Labute approximate surface area is 169 Å². The minimum atomic E-state index is -0.341. The number of aromatic amines is 1. The number of aromatic nitrogens is 2. The van der Waals surface area contributed by atoms with Gasteiger partial charge in [-0.15, -0.1) is 0 Å². The topological polar surface area (TPSA) is 62.8 Å². The Morgan fingerprint density at radius 2 is 1.61 bits per heavy atom. The molecule has 1 N–H and O–H groups in total. The predicted octanol–water partition coefficient (Wildman–Crippen LogP) is 6.31. The average Bonchev–Trinajstić information content (AvgIpc) is 3.24. The molecule has 5 nitrogen and oxygen atoms in total. The molecular weight excluding hydrogens is 350 g/mol. The van der Waals surface area contributed by atoms with Crippen molar-refractivity contribution in [3.8, 4) is 0 Å². The summed E-state index contributed by atoms with van der Waals surface area (Å²) in [4.78, 5) is 13.6. The van der Waals surface area contributed by atoms with Gasteiger partial charge in [-0.25, -0.2) is 4.57 Å². The Balaban J connectivity index is 1.71. The van der Waals surface area contributed by atoms with Crippen LogP contribution in [0.3, 0.4) is 0 Å². The second kappa shape index (κ2) is 13.1. The first kappa shape index (κ1) is 22.1. The lowest BCUT2D eigenvalue weighted by Crippen LogP contribution is -2.37.